The number of carbonyl (C=O) groups excluding carboxylic acids is 1. The van der Waals surface area contributed by atoms with Crippen molar-refractivity contribution in [3.05, 3.63) is 24.3 Å². The number of hydrogen-bond acceptors (Lipinski definition) is 5. The number of ketones is 1. The Morgan fingerprint density at radius 3 is 2.74 bits per heavy atom. The molecule has 1 aromatic carbocycles. The summed E-state index contributed by atoms with van der Waals surface area (Å²) in [5.74, 6) is 2.94. The molecule has 4 aliphatic rings. The van der Waals surface area contributed by atoms with Crippen LogP contribution in [0.1, 0.15) is 71.6 Å². The maximum Gasteiger partial charge on any atom is 0.157 e. The maximum atomic E-state index is 13.7. The highest BCUT2D eigenvalue weighted by atomic mass is 16.5. The predicted molar refractivity (Wildman–Crippen MR) is 135 cm³/mol. The molecule has 0 spiro atoms. The van der Waals surface area contributed by atoms with Crippen molar-refractivity contribution >= 4 is 16.8 Å². The van der Waals surface area contributed by atoms with Gasteiger partial charge in [0.05, 0.1) is 17.7 Å². The van der Waals surface area contributed by atoms with E-state index in [0.717, 1.165) is 56.2 Å². The molecule has 1 N–H and O–H groups in total. The number of nitrogens with zero attached hydrogens (tertiary/aromatic N) is 3. The summed E-state index contributed by atoms with van der Waals surface area (Å²) in [6.07, 6.45) is 9.79. The van der Waals surface area contributed by atoms with Gasteiger partial charge in [0, 0.05) is 13.0 Å². The zero-order valence-electron chi connectivity index (χ0n) is 21.6. The first-order valence-electron chi connectivity index (χ1n) is 13.8. The first-order chi connectivity index (χ1) is 16.8. The summed E-state index contributed by atoms with van der Waals surface area (Å²) in [7, 11) is 1.85. The van der Waals surface area contributed by atoms with E-state index in [0.29, 0.717) is 36.0 Å². The molecule has 2 aromatic rings. The van der Waals surface area contributed by atoms with Gasteiger partial charge in [-0.3, -0.25) is 4.79 Å². The largest absolute Gasteiger partial charge is 0.390 e. The third-order valence-corrected chi connectivity index (χ3v) is 11.2. The zero-order valence-corrected chi connectivity index (χ0v) is 21.6. The molecular formula is C29H41N3O3. The Kier molecular flexibility index (Phi) is 5.65. The van der Waals surface area contributed by atoms with Crippen LogP contribution < -0.4 is 0 Å². The van der Waals surface area contributed by atoms with E-state index in [1.54, 1.807) is 4.68 Å². The van der Waals surface area contributed by atoms with Crippen molar-refractivity contribution in [2.24, 2.45) is 40.4 Å². The van der Waals surface area contributed by atoms with Crippen LogP contribution >= 0.6 is 0 Å². The lowest BCUT2D eigenvalue weighted by molar-refractivity contribution is -0.175. The number of ether oxygens (including phenoxy) is 1. The Morgan fingerprint density at radius 2 is 1.91 bits per heavy atom. The second kappa shape index (κ2) is 8.37. The molecule has 0 saturated heterocycles. The molecule has 0 amide bonds. The maximum absolute atomic E-state index is 13.7. The second-order valence-electron chi connectivity index (χ2n) is 12.9. The Morgan fingerprint density at radius 1 is 1.09 bits per heavy atom. The number of rotatable bonds is 5. The summed E-state index contributed by atoms with van der Waals surface area (Å²) in [5, 5.41) is 19.4. The Hall–Kier alpha value is -1.79. The van der Waals surface area contributed by atoms with Crippen LogP contribution in [-0.2, 0) is 16.1 Å². The average molecular weight is 480 g/mol. The van der Waals surface area contributed by atoms with E-state index >= 15 is 0 Å². The lowest BCUT2D eigenvalue weighted by Crippen LogP contribution is -2.58. The van der Waals surface area contributed by atoms with Crippen molar-refractivity contribution < 1.29 is 14.6 Å². The minimum Gasteiger partial charge on any atom is -0.390 e. The molecule has 0 bridgehead atoms. The van der Waals surface area contributed by atoms with E-state index in [-0.39, 0.29) is 16.7 Å². The van der Waals surface area contributed by atoms with Crippen LogP contribution in [0.5, 0.6) is 0 Å². The molecule has 4 aliphatic carbocycles. The quantitative estimate of drug-likeness (QED) is 0.650. The smallest absolute Gasteiger partial charge is 0.157 e. The SMILES string of the molecule is COC[C@]12CC[C@@](C)(O)C[C@@H]1CC[C@H]1[C@@H]3CC[C@H](C(=O)Cn4nnc5ccccc54)C3(C)CC[C@@H]12. The average Bonchev–Trinajstić information content (AvgIpc) is 3.40. The van der Waals surface area contributed by atoms with E-state index in [2.05, 4.69) is 17.2 Å². The fourth-order valence-electron chi connectivity index (χ4n) is 9.60. The highest BCUT2D eigenvalue weighted by Crippen LogP contribution is 2.68. The van der Waals surface area contributed by atoms with Crippen LogP contribution in [0.3, 0.4) is 0 Å². The van der Waals surface area contributed by atoms with Crippen molar-refractivity contribution in [1.29, 1.82) is 0 Å². The van der Waals surface area contributed by atoms with Crippen molar-refractivity contribution in [3.8, 4) is 0 Å². The molecular weight excluding hydrogens is 438 g/mol. The van der Waals surface area contributed by atoms with E-state index in [9.17, 15) is 9.90 Å². The lowest BCUT2D eigenvalue weighted by atomic mass is 9.43. The highest BCUT2D eigenvalue weighted by molar-refractivity contribution is 5.84. The van der Waals surface area contributed by atoms with E-state index < -0.39 is 5.60 Å². The third-order valence-electron chi connectivity index (χ3n) is 11.2. The topological polar surface area (TPSA) is 77.2 Å². The number of carbonyl (C=O) groups is 1. The van der Waals surface area contributed by atoms with Gasteiger partial charge in [-0.2, -0.15) is 0 Å². The lowest BCUT2D eigenvalue weighted by Gasteiger charge is -2.62. The number of aliphatic hydroxyl groups is 1. The highest BCUT2D eigenvalue weighted by Gasteiger charge is 2.63. The number of aromatic nitrogens is 3. The molecule has 35 heavy (non-hydrogen) atoms. The fourth-order valence-corrected chi connectivity index (χ4v) is 9.60. The number of Topliss-reactive ketones (excluding diaryl/α,β-unsaturated/α-hetero) is 1. The number of benzene rings is 1. The molecule has 190 valence electrons. The second-order valence-corrected chi connectivity index (χ2v) is 12.9. The summed E-state index contributed by atoms with van der Waals surface area (Å²) >= 11 is 0. The van der Waals surface area contributed by atoms with Crippen molar-refractivity contribution in [3.63, 3.8) is 0 Å². The first kappa shape index (κ1) is 23.6. The number of para-hydroxylation sites is 1. The summed E-state index contributed by atoms with van der Waals surface area (Å²) in [4.78, 5) is 13.7. The number of methoxy groups -OCH3 is 1. The fraction of sp³-hybridized carbons (Fsp3) is 0.759. The number of fused-ring (bicyclic) bond motifs is 6. The van der Waals surface area contributed by atoms with Crippen molar-refractivity contribution in [1.82, 2.24) is 15.0 Å². The van der Waals surface area contributed by atoms with Gasteiger partial charge in [0.1, 0.15) is 12.1 Å². The van der Waals surface area contributed by atoms with Gasteiger partial charge in [-0.1, -0.05) is 24.3 Å². The molecule has 4 saturated carbocycles. The molecule has 1 unspecified atom stereocenters. The predicted octanol–water partition coefficient (Wildman–Crippen LogP) is 5.04. The van der Waals surface area contributed by atoms with Gasteiger partial charge in [0.25, 0.3) is 0 Å². The van der Waals surface area contributed by atoms with Crippen LogP contribution in [0, 0.1) is 40.4 Å². The zero-order chi connectivity index (χ0) is 24.4. The van der Waals surface area contributed by atoms with E-state index in [4.69, 9.17) is 4.74 Å². The minimum absolute atomic E-state index is 0.0793. The van der Waals surface area contributed by atoms with Gasteiger partial charge in [-0.05, 0) is 111 Å². The minimum atomic E-state index is -0.533. The van der Waals surface area contributed by atoms with Crippen LogP contribution in [0.2, 0.25) is 0 Å². The van der Waals surface area contributed by atoms with Gasteiger partial charge in [-0.25, -0.2) is 4.68 Å². The molecule has 4 fully saturated rings. The van der Waals surface area contributed by atoms with Gasteiger partial charge < -0.3 is 9.84 Å². The molecule has 6 rings (SSSR count). The molecule has 0 aliphatic heterocycles. The van der Waals surface area contributed by atoms with Crippen molar-refractivity contribution in [2.75, 3.05) is 13.7 Å². The Bertz CT molecular complexity index is 1110. The Balaban J connectivity index is 1.24. The number of hydrogen-bond donors (Lipinski definition) is 1. The molecule has 8 atom stereocenters. The molecule has 6 nitrogen and oxygen atoms in total. The van der Waals surface area contributed by atoms with Gasteiger partial charge >= 0.3 is 0 Å². The third kappa shape index (κ3) is 3.61. The molecule has 1 aromatic heterocycles. The van der Waals surface area contributed by atoms with Crippen LogP contribution in [0.15, 0.2) is 24.3 Å². The standard InChI is InChI=1S/C29H41N3O3/c1-27(34)14-15-29(18-35-3)19(16-27)8-9-20-21-10-11-23(28(21,2)13-12-22(20)29)26(33)17-32-25-7-5-4-6-24(25)30-31-32/h4-7,19-23,34H,8-18H2,1-3H3/t19-,20-,21-,22-,23+,27+,28?,29+/m0/s1. The molecule has 1 heterocycles. The van der Waals surface area contributed by atoms with Crippen LogP contribution in [0.25, 0.3) is 11.0 Å². The van der Waals surface area contributed by atoms with Gasteiger partial charge in [0.2, 0.25) is 0 Å². The van der Waals surface area contributed by atoms with Crippen LogP contribution in [0.4, 0.5) is 0 Å². The molecule has 6 heteroatoms. The molecule has 0 radical (unpaired) electrons. The monoisotopic (exact) mass is 479 g/mol. The summed E-state index contributed by atoms with van der Waals surface area (Å²) < 4.78 is 7.70. The summed E-state index contributed by atoms with van der Waals surface area (Å²) in [6.45, 7) is 5.59. The van der Waals surface area contributed by atoms with Crippen molar-refractivity contribution in [2.45, 2.75) is 83.8 Å². The van der Waals surface area contributed by atoms with Gasteiger partial charge in [-0.15, -0.1) is 5.10 Å². The summed E-state index contributed by atoms with van der Waals surface area (Å²) in [5.41, 5.74) is 1.54. The van der Waals surface area contributed by atoms with E-state index in [1.165, 1.54) is 19.3 Å². The summed E-state index contributed by atoms with van der Waals surface area (Å²) in [6, 6.07) is 7.90. The van der Waals surface area contributed by atoms with E-state index in [1.807, 2.05) is 38.3 Å². The Labute approximate surface area is 208 Å². The van der Waals surface area contributed by atoms with Crippen LogP contribution in [-0.4, -0.2) is 45.2 Å². The van der Waals surface area contributed by atoms with Gasteiger partial charge in [0.15, 0.2) is 5.78 Å². The normalized spacial score (nSPS) is 42.9. The first-order valence-corrected chi connectivity index (χ1v) is 13.8.